The topological polar surface area (TPSA) is 133 Å². The van der Waals surface area contributed by atoms with Gasteiger partial charge < -0.3 is 35.2 Å². The number of primary amides is 1. The van der Waals surface area contributed by atoms with E-state index in [1.807, 2.05) is 45.8 Å². The second-order valence-corrected chi connectivity index (χ2v) is 6.69. The Morgan fingerprint density at radius 3 is 2.28 bits per heavy atom. The lowest BCUT2D eigenvalue weighted by Gasteiger charge is -2.12. The molecule has 0 aliphatic carbocycles. The minimum absolute atomic E-state index is 0.267. The first-order valence-corrected chi connectivity index (χ1v) is 11.0. The zero-order valence-electron chi connectivity index (χ0n) is 22.0. The number of aliphatic hydroxyl groups is 1. The molecular weight excluding hydrogens is 462 g/mol. The first kappa shape index (κ1) is 36.9. The highest BCUT2D eigenvalue weighted by Gasteiger charge is 2.09. The maximum atomic E-state index is 11.1. The number of hydrogen-bond acceptors (Lipinski definition) is 8. The van der Waals surface area contributed by atoms with Gasteiger partial charge in [0.15, 0.2) is 11.5 Å². The van der Waals surface area contributed by atoms with Crippen molar-refractivity contribution in [1.29, 1.82) is 0 Å². The molecule has 0 radical (unpaired) electrons. The molecule has 36 heavy (non-hydrogen) atoms. The normalized spacial score (nSPS) is 8.81. The van der Waals surface area contributed by atoms with Gasteiger partial charge in [-0.1, -0.05) is 12.1 Å². The summed E-state index contributed by atoms with van der Waals surface area (Å²) in [5.74, 6) is 0.984. The minimum Gasteiger partial charge on any atom is -0.493 e. The molecule has 2 rings (SSSR count). The molecule has 9 heteroatoms. The molecule has 1 aromatic heterocycles. The van der Waals surface area contributed by atoms with Crippen LogP contribution in [0.3, 0.4) is 0 Å². The number of allylic oxidation sites excluding steroid dienone is 1. The molecule has 1 heterocycles. The lowest BCUT2D eigenvalue weighted by molar-refractivity contribution is -0.0980. The van der Waals surface area contributed by atoms with Crippen LogP contribution in [-0.2, 0) is 16.1 Å². The number of nitrogens with two attached hydrogens (primary N) is 1. The average Bonchev–Trinajstić information content (AvgIpc) is 2.91. The first-order chi connectivity index (χ1) is 17.4. The number of rotatable bonds is 11. The molecule has 0 aliphatic heterocycles. The fourth-order valence-electron chi connectivity index (χ4n) is 2.35. The maximum absolute atomic E-state index is 11.1. The van der Waals surface area contributed by atoms with Crippen LogP contribution in [0, 0.1) is 12.8 Å². The molecule has 1 amide bonds. The summed E-state index contributed by atoms with van der Waals surface area (Å²) in [7, 11) is 2.59. The van der Waals surface area contributed by atoms with Gasteiger partial charge in [-0.3, -0.25) is 4.79 Å². The third-order valence-electron chi connectivity index (χ3n) is 3.74. The van der Waals surface area contributed by atoms with E-state index in [4.69, 9.17) is 29.8 Å². The van der Waals surface area contributed by atoms with Crippen LogP contribution in [0.25, 0.3) is 0 Å². The third-order valence-corrected chi connectivity index (χ3v) is 3.74. The zero-order valence-corrected chi connectivity index (χ0v) is 22.0. The summed E-state index contributed by atoms with van der Waals surface area (Å²) < 4.78 is 16.7. The summed E-state index contributed by atoms with van der Waals surface area (Å²) in [5.41, 5.74) is 6.62. The Bertz CT molecular complexity index is 839. The van der Waals surface area contributed by atoms with E-state index in [1.54, 1.807) is 25.3 Å². The Morgan fingerprint density at radius 1 is 1.19 bits per heavy atom. The van der Waals surface area contributed by atoms with Gasteiger partial charge in [0.05, 0.1) is 18.8 Å². The predicted octanol–water partition coefficient (Wildman–Crippen LogP) is 3.75. The highest BCUT2D eigenvalue weighted by Crippen LogP contribution is 2.31. The number of carbonyl (C=O) groups excluding carboxylic acids is 2. The van der Waals surface area contributed by atoms with Crippen LogP contribution in [0.1, 0.15) is 43.1 Å². The number of nitrogens with one attached hydrogen (secondary N) is 1. The summed E-state index contributed by atoms with van der Waals surface area (Å²) in [4.78, 5) is 23.2. The fourth-order valence-corrected chi connectivity index (χ4v) is 2.35. The van der Waals surface area contributed by atoms with Crippen LogP contribution < -0.4 is 20.5 Å². The molecule has 1 aromatic carbocycles. The quantitative estimate of drug-likeness (QED) is 0.240. The fraction of sp³-hybridized carbons (Fsp3) is 0.370. The number of terminal acetylenes is 1. The Hall–Kier alpha value is -3.71. The van der Waals surface area contributed by atoms with Crippen molar-refractivity contribution in [2.45, 2.75) is 39.8 Å². The molecule has 0 saturated heterocycles. The van der Waals surface area contributed by atoms with Gasteiger partial charge in [0.25, 0.3) is 0 Å². The smallest absolute Gasteiger partial charge is 0.250 e. The van der Waals surface area contributed by atoms with E-state index in [-0.39, 0.29) is 6.10 Å². The molecule has 4 N–H and O–H groups in total. The average molecular weight is 504 g/mol. The summed E-state index contributed by atoms with van der Waals surface area (Å²) >= 11 is 0. The van der Waals surface area contributed by atoms with Crippen LogP contribution in [0.5, 0.6) is 17.4 Å². The standard InChI is InChI=1S/C20H27N3O4.C3H6.C2H2.CH4O.CH2O/c1-14(2)26-10-4-9-22-12-15-5-7-17(18(11-15)25-3)27-19-8-6-16(13-23-19)20(21)24;1-3-2;3*1-2/h5-8,11,13-14,22H,4,9-10,12H2,1-3H3,(H2,21,24);3H,1H2,2H3;1-2H;2H,1H3;1H2. The predicted molar refractivity (Wildman–Crippen MR) is 144 cm³/mol. The Morgan fingerprint density at radius 2 is 1.81 bits per heavy atom. The minimum atomic E-state index is -0.528. The van der Waals surface area contributed by atoms with Crippen LogP contribution in [0.15, 0.2) is 49.2 Å². The second-order valence-electron chi connectivity index (χ2n) is 6.69. The number of ether oxygens (including phenoxy) is 3. The van der Waals surface area contributed by atoms with Crippen LogP contribution in [0.4, 0.5) is 0 Å². The van der Waals surface area contributed by atoms with Gasteiger partial charge in [-0.05, 0) is 57.5 Å². The summed E-state index contributed by atoms with van der Waals surface area (Å²) in [5, 5.41) is 10.4. The van der Waals surface area contributed by atoms with Crippen molar-refractivity contribution >= 4 is 12.7 Å². The lowest BCUT2D eigenvalue weighted by atomic mass is 10.2. The van der Waals surface area contributed by atoms with E-state index in [0.717, 1.165) is 38.8 Å². The molecule has 0 fully saturated rings. The number of benzene rings is 1. The third kappa shape index (κ3) is 17.7. The van der Waals surface area contributed by atoms with Gasteiger partial charge in [-0.25, -0.2) is 4.98 Å². The maximum Gasteiger partial charge on any atom is 0.250 e. The van der Waals surface area contributed by atoms with E-state index in [1.165, 1.54) is 6.20 Å². The van der Waals surface area contributed by atoms with Gasteiger partial charge >= 0.3 is 0 Å². The number of methoxy groups -OCH3 is 1. The van der Waals surface area contributed by atoms with Gasteiger partial charge in [-0.15, -0.1) is 19.4 Å². The number of aromatic nitrogens is 1. The van der Waals surface area contributed by atoms with E-state index < -0.39 is 5.91 Å². The van der Waals surface area contributed by atoms with Crippen LogP contribution in [0.2, 0.25) is 0 Å². The van der Waals surface area contributed by atoms with Crippen molar-refractivity contribution in [2.24, 2.45) is 5.73 Å². The van der Waals surface area contributed by atoms with Crippen molar-refractivity contribution in [3.8, 4) is 30.2 Å². The molecule has 0 unspecified atom stereocenters. The number of amides is 1. The molecule has 9 nitrogen and oxygen atoms in total. The molecular formula is C27H41N3O6. The van der Waals surface area contributed by atoms with Crippen LogP contribution in [-0.4, -0.2) is 56.3 Å². The van der Waals surface area contributed by atoms with Gasteiger partial charge in [-0.2, -0.15) is 0 Å². The SMILES string of the molecule is C#C.C=CC.C=O.CO.COc1cc(CNCCCOC(C)C)ccc1Oc1ccc(C(N)=O)cn1. The van der Waals surface area contributed by atoms with Crippen molar-refractivity contribution in [2.75, 3.05) is 27.4 Å². The molecule has 200 valence electrons. The van der Waals surface area contributed by atoms with Gasteiger partial charge in [0.2, 0.25) is 11.8 Å². The molecule has 0 aliphatic rings. The second kappa shape index (κ2) is 25.9. The highest BCUT2D eigenvalue weighted by atomic mass is 16.5. The summed E-state index contributed by atoms with van der Waals surface area (Å²) in [6.45, 7) is 13.7. The van der Waals surface area contributed by atoms with E-state index in [9.17, 15) is 4.79 Å². The number of hydrogen-bond donors (Lipinski definition) is 3. The first-order valence-electron chi connectivity index (χ1n) is 11.0. The van der Waals surface area contributed by atoms with E-state index in [0.29, 0.717) is 22.9 Å². The Balaban J connectivity index is -0.00000108. The number of nitrogens with zero attached hydrogens (tertiary/aromatic N) is 1. The Labute approximate surface area is 215 Å². The monoisotopic (exact) mass is 503 g/mol. The highest BCUT2D eigenvalue weighted by molar-refractivity contribution is 5.92. The van der Waals surface area contributed by atoms with E-state index >= 15 is 0 Å². The van der Waals surface area contributed by atoms with Crippen LogP contribution >= 0.6 is 0 Å². The summed E-state index contributed by atoms with van der Waals surface area (Å²) in [6, 6.07) is 8.88. The van der Waals surface area contributed by atoms with E-state index in [2.05, 4.69) is 29.7 Å². The van der Waals surface area contributed by atoms with Crippen molar-refractivity contribution in [3.05, 3.63) is 60.3 Å². The zero-order chi connectivity index (χ0) is 28.4. The molecule has 0 saturated carbocycles. The molecule has 0 spiro atoms. The number of pyridine rings is 1. The Kier molecular flexibility index (Phi) is 26.5. The lowest BCUT2D eigenvalue weighted by Crippen LogP contribution is -2.17. The van der Waals surface area contributed by atoms with Gasteiger partial charge in [0, 0.05) is 32.5 Å². The summed E-state index contributed by atoms with van der Waals surface area (Å²) in [6.07, 6.45) is 12.4. The van der Waals surface area contributed by atoms with Gasteiger partial charge in [0.1, 0.15) is 6.79 Å². The van der Waals surface area contributed by atoms with Crippen molar-refractivity contribution in [1.82, 2.24) is 10.3 Å². The molecule has 0 atom stereocenters. The molecule has 2 aromatic rings. The molecule has 0 bridgehead atoms. The van der Waals surface area contributed by atoms with Crippen molar-refractivity contribution in [3.63, 3.8) is 0 Å². The number of aliphatic hydroxyl groups excluding tert-OH is 1. The largest absolute Gasteiger partial charge is 0.493 e. The number of carbonyl (C=O) groups is 2. The van der Waals surface area contributed by atoms with Crippen molar-refractivity contribution < 1.29 is 28.9 Å².